The van der Waals surface area contributed by atoms with Crippen molar-refractivity contribution >= 4 is 0 Å². The van der Waals surface area contributed by atoms with Crippen LogP contribution in [0.15, 0.2) is 24.3 Å². The van der Waals surface area contributed by atoms with Crippen molar-refractivity contribution in [1.82, 2.24) is 15.0 Å². The molecule has 0 spiro atoms. The number of hydrogen-bond acceptors (Lipinski definition) is 2. The minimum Gasteiger partial charge on any atom is -0.217 e. The van der Waals surface area contributed by atoms with Gasteiger partial charge >= 0.3 is 0 Å². The molecule has 0 aliphatic rings. The molecule has 0 N–H and O–H groups in total. The summed E-state index contributed by atoms with van der Waals surface area (Å²) in [5.74, 6) is 0. The van der Waals surface area contributed by atoms with Gasteiger partial charge in [-0.25, -0.2) is 4.68 Å². The molecule has 2 rings (SSSR count). The molecule has 0 bridgehead atoms. The Bertz CT molecular complexity index is 400. The van der Waals surface area contributed by atoms with Crippen LogP contribution in [0.2, 0.25) is 0 Å². The molecule has 65 valence electrons. The van der Waals surface area contributed by atoms with Gasteiger partial charge in [-0.1, -0.05) is 22.9 Å². The molecular weight excluding hydrogens is 162 g/mol. The molecule has 1 aromatic heterocycles. The zero-order valence-electron chi connectivity index (χ0n) is 7.65. The van der Waals surface area contributed by atoms with E-state index in [2.05, 4.69) is 35.6 Å². The predicted octanol–water partition coefficient (Wildman–Crippen LogP) is 1.68. The molecule has 2 aromatic rings. The molecule has 3 heteroatoms. The van der Waals surface area contributed by atoms with E-state index in [9.17, 15) is 0 Å². The molecule has 3 nitrogen and oxygen atoms in total. The SMILES string of the molecule is Cc1ccc(-n2nn[c]c2C)cc1. The van der Waals surface area contributed by atoms with E-state index in [0.29, 0.717) is 0 Å². The Balaban J connectivity index is 2.47. The lowest BCUT2D eigenvalue weighted by Gasteiger charge is -2.01. The molecular formula is C10H10N3. The molecule has 1 radical (unpaired) electrons. The standard InChI is InChI=1S/C10H10N3/c1-8-3-5-10(6-4-8)13-9(2)7-11-12-13/h3-6H,1-2H3. The first-order valence-corrected chi connectivity index (χ1v) is 4.14. The Morgan fingerprint density at radius 3 is 2.38 bits per heavy atom. The second-order valence-electron chi connectivity index (χ2n) is 3.03. The van der Waals surface area contributed by atoms with Crippen LogP contribution in [0.1, 0.15) is 11.3 Å². The van der Waals surface area contributed by atoms with E-state index in [-0.39, 0.29) is 0 Å². The van der Waals surface area contributed by atoms with E-state index in [0.717, 1.165) is 11.4 Å². The highest BCUT2D eigenvalue weighted by Crippen LogP contribution is 2.09. The van der Waals surface area contributed by atoms with Gasteiger partial charge in [-0.15, -0.1) is 5.10 Å². The Morgan fingerprint density at radius 2 is 1.85 bits per heavy atom. The van der Waals surface area contributed by atoms with Gasteiger partial charge in [0.15, 0.2) is 0 Å². The highest BCUT2D eigenvalue weighted by molar-refractivity contribution is 5.34. The lowest BCUT2D eigenvalue weighted by molar-refractivity contribution is 0.785. The lowest BCUT2D eigenvalue weighted by Crippen LogP contribution is -1.98. The Hall–Kier alpha value is -1.64. The third-order valence-corrected chi connectivity index (χ3v) is 1.94. The Labute approximate surface area is 77.0 Å². The van der Waals surface area contributed by atoms with E-state index in [1.54, 1.807) is 4.68 Å². The Kier molecular flexibility index (Phi) is 1.85. The van der Waals surface area contributed by atoms with Crippen molar-refractivity contribution in [3.05, 3.63) is 41.7 Å². The van der Waals surface area contributed by atoms with Crippen LogP contribution < -0.4 is 0 Å². The van der Waals surface area contributed by atoms with Gasteiger partial charge < -0.3 is 0 Å². The van der Waals surface area contributed by atoms with E-state index in [4.69, 9.17) is 0 Å². The van der Waals surface area contributed by atoms with Crippen LogP contribution in [0.4, 0.5) is 0 Å². The smallest absolute Gasteiger partial charge is 0.138 e. The quantitative estimate of drug-likeness (QED) is 0.655. The fraction of sp³-hybridized carbons (Fsp3) is 0.200. The van der Waals surface area contributed by atoms with Crippen molar-refractivity contribution in [3.63, 3.8) is 0 Å². The molecule has 13 heavy (non-hydrogen) atoms. The first-order valence-electron chi connectivity index (χ1n) is 4.14. The van der Waals surface area contributed by atoms with Crippen molar-refractivity contribution in [3.8, 4) is 5.69 Å². The van der Waals surface area contributed by atoms with E-state index in [1.165, 1.54) is 5.56 Å². The number of rotatable bonds is 1. The molecule has 0 unspecified atom stereocenters. The average Bonchev–Trinajstić information content (AvgIpc) is 2.53. The zero-order chi connectivity index (χ0) is 9.26. The summed E-state index contributed by atoms with van der Waals surface area (Å²) in [7, 11) is 0. The number of aryl methyl sites for hydroxylation is 2. The van der Waals surface area contributed by atoms with Crippen LogP contribution >= 0.6 is 0 Å². The summed E-state index contributed by atoms with van der Waals surface area (Å²) in [4.78, 5) is 0. The van der Waals surface area contributed by atoms with Crippen molar-refractivity contribution in [2.75, 3.05) is 0 Å². The van der Waals surface area contributed by atoms with Gasteiger partial charge in [0.1, 0.15) is 6.20 Å². The summed E-state index contributed by atoms with van der Waals surface area (Å²) in [6.07, 6.45) is 2.78. The number of nitrogens with zero attached hydrogens (tertiary/aromatic N) is 3. The monoisotopic (exact) mass is 172 g/mol. The molecule has 0 amide bonds. The van der Waals surface area contributed by atoms with Gasteiger partial charge in [0, 0.05) is 0 Å². The molecule has 0 fully saturated rings. The van der Waals surface area contributed by atoms with Crippen LogP contribution in [-0.2, 0) is 0 Å². The van der Waals surface area contributed by atoms with Crippen LogP contribution in [0.3, 0.4) is 0 Å². The lowest BCUT2D eigenvalue weighted by atomic mass is 10.2. The van der Waals surface area contributed by atoms with E-state index < -0.39 is 0 Å². The van der Waals surface area contributed by atoms with E-state index >= 15 is 0 Å². The normalized spacial score (nSPS) is 10.3. The summed E-state index contributed by atoms with van der Waals surface area (Å²) in [6, 6.07) is 8.14. The van der Waals surface area contributed by atoms with Crippen molar-refractivity contribution in [2.45, 2.75) is 13.8 Å². The van der Waals surface area contributed by atoms with Gasteiger partial charge in [0.25, 0.3) is 0 Å². The molecule has 0 aliphatic heterocycles. The van der Waals surface area contributed by atoms with Gasteiger partial charge in [-0.3, -0.25) is 0 Å². The fourth-order valence-corrected chi connectivity index (χ4v) is 1.19. The first-order chi connectivity index (χ1) is 6.27. The minimum atomic E-state index is 0.920. The van der Waals surface area contributed by atoms with Crippen LogP contribution in [0.5, 0.6) is 0 Å². The molecule has 0 saturated carbocycles. The van der Waals surface area contributed by atoms with Crippen molar-refractivity contribution < 1.29 is 0 Å². The van der Waals surface area contributed by atoms with E-state index in [1.807, 2.05) is 19.1 Å². The zero-order valence-corrected chi connectivity index (χ0v) is 7.65. The third-order valence-electron chi connectivity index (χ3n) is 1.94. The molecule has 1 heterocycles. The van der Waals surface area contributed by atoms with Crippen LogP contribution in [-0.4, -0.2) is 15.0 Å². The van der Waals surface area contributed by atoms with Gasteiger partial charge in [0.2, 0.25) is 0 Å². The molecule has 0 aliphatic carbocycles. The summed E-state index contributed by atoms with van der Waals surface area (Å²) in [6.45, 7) is 3.99. The second-order valence-corrected chi connectivity index (χ2v) is 3.03. The maximum absolute atomic E-state index is 3.93. The summed E-state index contributed by atoms with van der Waals surface area (Å²) < 4.78 is 1.76. The fourth-order valence-electron chi connectivity index (χ4n) is 1.19. The topological polar surface area (TPSA) is 30.7 Å². The predicted molar refractivity (Wildman–Crippen MR) is 49.7 cm³/mol. The van der Waals surface area contributed by atoms with Crippen LogP contribution in [0.25, 0.3) is 5.69 Å². The maximum Gasteiger partial charge on any atom is 0.138 e. The average molecular weight is 172 g/mol. The minimum absolute atomic E-state index is 0.920. The number of aromatic nitrogens is 3. The van der Waals surface area contributed by atoms with Crippen molar-refractivity contribution in [2.24, 2.45) is 0 Å². The van der Waals surface area contributed by atoms with Gasteiger partial charge in [0.05, 0.1) is 11.4 Å². The second kappa shape index (κ2) is 3.01. The summed E-state index contributed by atoms with van der Waals surface area (Å²) in [5.41, 5.74) is 3.19. The summed E-state index contributed by atoms with van der Waals surface area (Å²) in [5, 5.41) is 7.64. The Morgan fingerprint density at radius 1 is 1.15 bits per heavy atom. The first kappa shape index (κ1) is 7.98. The maximum atomic E-state index is 3.93. The molecule has 0 atom stereocenters. The number of benzene rings is 1. The summed E-state index contributed by atoms with van der Waals surface area (Å²) >= 11 is 0. The number of hydrogen-bond donors (Lipinski definition) is 0. The largest absolute Gasteiger partial charge is 0.217 e. The van der Waals surface area contributed by atoms with Crippen molar-refractivity contribution in [1.29, 1.82) is 0 Å². The van der Waals surface area contributed by atoms with Crippen LogP contribution in [0, 0.1) is 20.0 Å². The van der Waals surface area contributed by atoms with Gasteiger partial charge in [-0.2, -0.15) is 0 Å². The van der Waals surface area contributed by atoms with Gasteiger partial charge in [-0.05, 0) is 26.0 Å². The highest BCUT2D eigenvalue weighted by atomic mass is 15.4. The molecule has 1 aromatic carbocycles. The third kappa shape index (κ3) is 1.45. The highest BCUT2D eigenvalue weighted by Gasteiger charge is 2.00. The molecule has 0 saturated heterocycles.